The van der Waals surface area contributed by atoms with E-state index in [9.17, 15) is 9.36 Å². The third-order valence-electron chi connectivity index (χ3n) is 2.28. The van der Waals surface area contributed by atoms with Gasteiger partial charge in [0.1, 0.15) is 0 Å². The van der Waals surface area contributed by atoms with Crippen LogP contribution in [0.2, 0.25) is 0 Å². The van der Waals surface area contributed by atoms with E-state index >= 15 is 0 Å². The predicted molar refractivity (Wildman–Crippen MR) is 79.5 cm³/mol. The van der Waals surface area contributed by atoms with Crippen molar-refractivity contribution in [2.75, 3.05) is 31.0 Å². The Morgan fingerprint density at radius 3 is 2.32 bits per heavy atom. The third kappa shape index (κ3) is 8.65. The van der Waals surface area contributed by atoms with Crippen molar-refractivity contribution in [2.45, 2.75) is 33.2 Å². The smallest absolute Gasteiger partial charge is 0.344 e. The highest BCUT2D eigenvalue weighted by Crippen LogP contribution is 2.46. The topological polar surface area (TPSA) is 90.6 Å². The summed E-state index contributed by atoms with van der Waals surface area (Å²) in [5.41, 5.74) is 5.31. The van der Waals surface area contributed by atoms with Gasteiger partial charge < -0.3 is 14.8 Å². The molecule has 0 radical (unpaired) electrons. The molecule has 0 aliphatic carbocycles. The predicted octanol–water partition coefficient (Wildman–Crippen LogP) is 1.80. The number of thioether (sulfide) groups is 1. The van der Waals surface area contributed by atoms with Gasteiger partial charge >= 0.3 is 7.60 Å². The first kappa shape index (κ1) is 18.9. The summed E-state index contributed by atoms with van der Waals surface area (Å²) in [6.07, 6.45) is 0.602. The van der Waals surface area contributed by atoms with Crippen molar-refractivity contribution in [3.8, 4) is 0 Å². The quantitative estimate of drug-likeness (QED) is 0.422. The van der Waals surface area contributed by atoms with Crippen molar-refractivity contribution in [2.24, 2.45) is 5.73 Å². The normalized spacial score (nSPS) is 13.4. The molecular formula is C11H25N2O4PS. The molecule has 6 nitrogen and oxygen atoms in total. The Kier molecular flexibility index (Phi) is 10.6. The number of nitrogens with one attached hydrogen (secondary N) is 1. The number of amides is 1. The number of primary amides is 1. The van der Waals surface area contributed by atoms with Crippen LogP contribution in [0.25, 0.3) is 0 Å². The van der Waals surface area contributed by atoms with Gasteiger partial charge in [-0.1, -0.05) is 6.92 Å². The van der Waals surface area contributed by atoms with Gasteiger partial charge in [-0.25, -0.2) is 0 Å². The maximum atomic E-state index is 12.2. The number of carbonyl (C=O) groups excluding carboxylic acids is 1. The van der Waals surface area contributed by atoms with Gasteiger partial charge in [0.2, 0.25) is 5.91 Å². The first-order valence-electron chi connectivity index (χ1n) is 6.47. The summed E-state index contributed by atoms with van der Waals surface area (Å²) in [7, 11) is -3.18. The minimum Gasteiger partial charge on any atom is -0.368 e. The van der Waals surface area contributed by atoms with Crippen LogP contribution in [-0.2, 0) is 18.4 Å². The standard InChI is InChI=1S/C11H25N2O4PS/c1-4-16-18(15,17-5-2)9-13-10(11(12)14)7-8-19-6-3/h10,13H,4-9H2,1-3H3,(H2,12,14)/t10-/m0/s1. The third-order valence-corrected chi connectivity index (χ3v) is 5.09. The van der Waals surface area contributed by atoms with Gasteiger partial charge in [-0.05, 0) is 31.8 Å². The van der Waals surface area contributed by atoms with E-state index in [0.29, 0.717) is 19.6 Å². The van der Waals surface area contributed by atoms with Gasteiger partial charge in [-0.3, -0.25) is 14.7 Å². The van der Waals surface area contributed by atoms with Crippen molar-refractivity contribution < 1.29 is 18.4 Å². The highest BCUT2D eigenvalue weighted by atomic mass is 32.2. The summed E-state index contributed by atoms with van der Waals surface area (Å²) in [5, 5.41) is 2.89. The number of nitrogens with two attached hydrogens (primary N) is 1. The Morgan fingerprint density at radius 2 is 1.89 bits per heavy atom. The fourth-order valence-electron chi connectivity index (χ4n) is 1.43. The highest BCUT2D eigenvalue weighted by molar-refractivity contribution is 7.99. The number of rotatable bonds is 12. The lowest BCUT2D eigenvalue weighted by atomic mass is 10.2. The van der Waals surface area contributed by atoms with Gasteiger partial charge in [0.05, 0.1) is 25.5 Å². The summed E-state index contributed by atoms with van der Waals surface area (Å²) in [5.74, 6) is 1.36. The van der Waals surface area contributed by atoms with Crippen LogP contribution in [0.3, 0.4) is 0 Å². The first-order valence-corrected chi connectivity index (χ1v) is 9.35. The molecule has 0 aromatic rings. The number of carbonyl (C=O) groups is 1. The maximum Gasteiger partial charge on any atom is 0.344 e. The van der Waals surface area contributed by atoms with E-state index in [1.807, 2.05) is 0 Å². The van der Waals surface area contributed by atoms with Crippen LogP contribution in [0.5, 0.6) is 0 Å². The molecule has 0 fully saturated rings. The molecule has 0 bridgehead atoms. The summed E-state index contributed by atoms with van der Waals surface area (Å²) < 4.78 is 22.5. The van der Waals surface area contributed by atoms with Crippen molar-refractivity contribution in [3.05, 3.63) is 0 Å². The van der Waals surface area contributed by atoms with Crippen molar-refractivity contribution in [3.63, 3.8) is 0 Å². The maximum absolute atomic E-state index is 12.2. The van der Waals surface area contributed by atoms with E-state index in [4.69, 9.17) is 14.8 Å². The molecule has 0 aromatic heterocycles. The zero-order chi connectivity index (χ0) is 14.7. The SMILES string of the molecule is CCOP(=O)(CN[C@@H](CCSCC)C(N)=O)OCC. The van der Waals surface area contributed by atoms with Gasteiger partial charge in [0.15, 0.2) is 0 Å². The van der Waals surface area contributed by atoms with Gasteiger partial charge in [-0.2, -0.15) is 11.8 Å². The van der Waals surface area contributed by atoms with Crippen molar-refractivity contribution in [1.82, 2.24) is 5.32 Å². The zero-order valence-electron chi connectivity index (χ0n) is 11.9. The molecule has 0 aliphatic heterocycles. The van der Waals surface area contributed by atoms with E-state index in [-0.39, 0.29) is 6.29 Å². The monoisotopic (exact) mass is 312 g/mol. The molecule has 0 spiro atoms. The molecule has 19 heavy (non-hydrogen) atoms. The minimum absolute atomic E-state index is 0.000914. The van der Waals surface area contributed by atoms with Gasteiger partial charge in [0, 0.05) is 0 Å². The Balaban J connectivity index is 4.33. The molecule has 0 aromatic carbocycles. The fourth-order valence-corrected chi connectivity index (χ4v) is 3.61. The minimum atomic E-state index is -3.18. The molecule has 114 valence electrons. The largest absolute Gasteiger partial charge is 0.368 e. The number of hydrogen-bond acceptors (Lipinski definition) is 6. The van der Waals surface area contributed by atoms with E-state index in [0.717, 1.165) is 11.5 Å². The molecule has 0 saturated heterocycles. The lowest BCUT2D eigenvalue weighted by Crippen LogP contribution is -2.42. The van der Waals surface area contributed by atoms with Crippen LogP contribution in [0, 0.1) is 0 Å². The second kappa shape index (κ2) is 10.7. The highest BCUT2D eigenvalue weighted by Gasteiger charge is 2.26. The lowest BCUT2D eigenvalue weighted by molar-refractivity contribution is -0.119. The molecule has 0 unspecified atom stereocenters. The van der Waals surface area contributed by atoms with Crippen LogP contribution < -0.4 is 11.1 Å². The zero-order valence-corrected chi connectivity index (χ0v) is 13.6. The summed E-state index contributed by atoms with van der Waals surface area (Å²) >= 11 is 1.73. The van der Waals surface area contributed by atoms with Crippen molar-refractivity contribution in [1.29, 1.82) is 0 Å². The molecule has 0 aliphatic rings. The van der Waals surface area contributed by atoms with E-state index < -0.39 is 19.5 Å². The molecule has 8 heteroatoms. The van der Waals surface area contributed by atoms with Crippen LogP contribution in [0.4, 0.5) is 0 Å². The molecular weight excluding hydrogens is 287 g/mol. The Morgan fingerprint density at radius 1 is 1.32 bits per heavy atom. The lowest BCUT2D eigenvalue weighted by Gasteiger charge is -2.21. The van der Waals surface area contributed by atoms with Crippen LogP contribution in [0.15, 0.2) is 0 Å². The van der Waals surface area contributed by atoms with Gasteiger partial charge in [-0.15, -0.1) is 0 Å². The van der Waals surface area contributed by atoms with Crippen LogP contribution in [-0.4, -0.2) is 43.0 Å². The first-order chi connectivity index (χ1) is 8.99. The van der Waals surface area contributed by atoms with E-state index in [1.165, 1.54) is 0 Å². The second-order valence-corrected chi connectivity index (χ2v) is 7.20. The Hall–Kier alpha value is -0.0700. The average Bonchev–Trinajstić information content (AvgIpc) is 2.33. The molecule has 0 saturated carbocycles. The summed E-state index contributed by atoms with van der Waals surface area (Å²) in [6.45, 7) is 6.14. The van der Waals surface area contributed by atoms with E-state index in [2.05, 4.69) is 12.2 Å². The summed E-state index contributed by atoms with van der Waals surface area (Å²) in [6, 6.07) is -0.506. The fraction of sp³-hybridized carbons (Fsp3) is 0.909. The average molecular weight is 312 g/mol. The molecule has 0 heterocycles. The second-order valence-electron chi connectivity index (χ2n) is 3.75. The Bertz CT molecular complexity index is 294. The van der Waals surface area contributed by atoms with Crippen LogP contribution in [0.1, 0.15) is 27.2 Å². The van der Waals surface area contributed by atoms with E-state index in [1.54, 1.807) is 25.6 Å². The molecule has 0 rings (SSSR count). The number of hydrogen-bond donors (Lipinski definition) is 2. The Labute approximate surface area is 119 Å². The van der Waals surface area contributed by atoms with Crippen molar-refractivity contribution >= 4 is 25.3 Å². The molecule has 3 N–H and O–H groups in total. The molecule has 1 atom stereocenters. The summed E-state index contributed by atoms with van der Waals surface area (Å²) in [4.78, 5) is 11.3. The van der Waals surface area contributed by atoms with Gasteiger partial charge in [0.25, 0.3) is 0 Å². The molecule has 1 amide bonds. The van der Waals surface area contributed by atoms with Crippen LogP contribution >= 0.6 is 19.4 Å².